The molecule has 1 N–H and O–H groups in total. The van der Waals surface area contributed by atoms with Crippen molar-refractivity contribution in [2.24, 2.45) is 0 Å². The second-order valence-corrected chi connectivity index (χ2v) is 5.10. The van der Waals surface area contributed by atoms with E-state index in [4.69, 9.17) is 23.2 Å². The van der Waals surface area contributed by atoms with E-state index in [2.05, 4.69) is 24.4 Å². The molecule has 0 heterocycles. The van der Waals surface area contributed by atoms with E-state index in [1.54, 1.807) is 0 Å². The van der Waals surface area contributed by atoms with Crippen LogP contribution >= 0.6 is 23.2 Å². The number of halogens is 2. The van der Waals surface area contributed by atoms with Crippen molar-refractivity contribution in [1.29, 1.82) is 0 Å². The van der Waals surface area contributed by atoms with Crippen LogP contribution in [0.5, 0.6) is 0 Å². The zero-order valence-electron chi connectivity index (χ0n) is 10.2. The summed E-state index contributed by atoms with van der Waals surface area (Å²) in [5.41, 5.74) is 2.11. The van der Waals surface area contributed by atoms with E-state index in [1.807, 2.05) is 36.4 Å². The van der Waals surface area contributed by atoms with E-state index >= 15 is 0 Å². The van der Waals surface area contributed by atoms with Gasteiger partial charge in [-0.05, 0) is 23.6 Å². The third-order valence-electron chi connectivity index (χ3n) is 2.92. The van der Waals surface area contributed by atoms with Gasteiger partial charge in [0.1, 0.15) is 0 Å². The Hall–Kier alpha value is -1.18. The average molecular weight is 280 g/mol. The molecule has 1 atom stereocenters. The SMILES string of the molecule is CC(CNc1c(Cl)cccc1Cl)c1ccccc1. The Morgan fingerprint density at radius 2 is 1.56 bits per heavy atom. The Labute approximate surface area is 118 Å². The summed E-state index contributed by atoms with van der Waals surface area (Å²) in [6, 6.07) is 15.9. The predicted octanol–water partition coefficient (Wildman–Crippen LogP) is 5.21. The van der Waals surface area contributed by atoms with Gasteiger partial charge < -0.3 is 5.32 Å². The fraction of sp³-hybridized carbons (Fsp3) is 0.200. The van der Waals surface area contributed by atoms with Gasteiger partial charge in [-0.15, -0.1) is 0 Å². The van der Waals surface area contributed by atoms with Crippen molar-refractivity contribution in [3.63, 3.8) is 0 Å². The third-order valence-corrected chi connectivity index (χ3v) is 3.55. The smallest absolute Gasteiger partial charge is 0.0719 e. The van der Waals surface area contributed by atoms with Crippen molar-refractivity contribution in [3.8, 4) is 0 Å². The van der Waals surface area contributed by atoms with Crippen molar-refractivity contribution < 1.29 is 0 Å². The van der Waals surface area contributed by atoms with Crippen LogP contribution in [0.15, 0.2) is 48.5 Å². The predicted molar refractivity (Wildman–Crippen MR) is 79.8 cm³/mol. The lowest BCUT2D eigenvalue weighted by molar-refractivity contribution is 0.805. The largest absolute Gasteiger partial charge is 0.382 e. The third kappa shape index (κ3) is 3.18. The van der Waals surface area contributed by atoms with Gasteiger partial charge in [0, 0.05) is 6.54 Å². The lowest BCUT2D eigenvalue weighted by Gasteiger charge is -2.15. The second kappa shape index (κ2) is 6.12. The van der Waals surface area contributed by atoms with Crippen LogP contribution in [0.2, 0.25) is 10.0 Å². The molecule has 2 rings (SSSR count). The molecule has 18 heavy (non-hydrogen) atoms. The van der Waals surface area contributed by atoms with E-state index in [0.29, 0.717) is 16.0 Å². The molecule has 0 saturated carbocycles. The molecule has 0 aliphatic carbocycles. The summed E-state index contributed by atoms with van der Waals surface area (Å²) in [4.78, 5) is 0. The highest BCUT2D eigenvalue weighted by Crippen LogP contribution is 2.30. The first-order chi connectivity index (χ1) is 8.68. The summed E-state index contributed by atoms with van der Waals surface area (Å²) in [6.07, 6.45) is 0. The molecule has 0 fully saturated rings. The van der Waals surface area contributed by atoms with Gasteiger partial charge >= 0.3 is 0 Å². The molecule has 3 heteroatoms. The Morgan fingerprint density at radius 1 is 0.944 bits per heavy atom. The van der Waals surface area contributed by atoms with E-state index in [-0.39, 0.29) is 0 Å². The fourth-order valence-corrected chi connectivity index (χ4v) is 2.35. The molecule has 0 aliphatic heterocycles. The molecule has 0 bridgehead atoms. The quantitative estimate of drug-likeness (QED) is 0.810. The summed E-state index contributed by atoms with van der Waals surface area (Å²) in [5, 5.41) is 4.63. The van der Waals surface area contributed by atoms with E-state index in [9.17, 15) is 0 Å². The Bertz CT molecular complexity index is 491. The minimum Gasteiger partial charge on any atom is -0.382 e. The number of anilines is 1. The van der Waals surface area contributed by atoms with Crippen LogP contribution < -0.4 is 5.32 Å². The molecule has 0 aromatic heterocycles. The molecular weight excluding hydrogens is 265 g/mol. The lowest BCUT2D eigenvalue weighted by atomic mass is 10.0. The number of hydrogen-bond donors (Lipinski definition) is 1. The highest BCUT2D eigenvalue weighted by atomic mass is 35.5. The molecule has 0 aliphatic rings. The topological polar surface area (TPSA) is 12.0 Å². The summed E-state index contributed by atoms with van der Waals surface area (Å²) < 4.78 is 0. The molecule has 0 radical (unpaired) electrons. The van der Waals surface area contributed by atoms with Crippen molar-refractivity contribution in [2.75, 3.05) is 11.9 Å². The lowest BCUT2D eigenvalue weighted by Crippen LogP contribution is -2.10. The van der Waals surface area contributed by atoms with E-state index in [0.717, 1.165) is 12.2 Å². The van der Waals surface area contributed by atoms with Gasteiger partial charge in [-0.1, -0.05) is 66.5 Å². The van der Waals surface area contributed by atoms with E-state index in [1.165, 1.54) is 5.56 Å². The monoisotopic (exact) mass is 279 g/mol. The van der Waals surface area contributed by atoms with Gasteiger partial charge in [-0.2, -0.15) is 0 Å². The summed E-state index contributed by atoms with van der Waals surface area (Å²) >= 11 is 12.2. The first-order valence-corrected chi connectivity index (χ1v) is 6.67. The van der Waals surface area contributed by atoms with Gasteiger partial charge in [-0.3, -0.25) is 0 Å². The van der Waals surface area contributed by atoms with Crippen LogP contribution in [-0.4, -0.2) is 6.54 Å². The zero-order valence-corrected chi connectivity index (χ0v) is 11.7. The molecule has 0 saturated heterocycles. The average Bonchev–Trinajstić information content (AvgIpc) is 2.39. The highest BCUT2D eigenvalue weighted by molar-refractivity contribution is 6.39. The molecule has 2 aromatic carbocycles. The molecule has 0 amide bonds. The van der Waals surface area contributed by atoms with Gasteiger partial charge in [0.25, 0.3) is 0 Å². The number of rotatable bonds is 4. The van der Waals surface area contributed by atoms with Gasteiger partial charge in [0.15, 0.2) is 0 Å². The highest BCUT2D eigenvalue weighted by Gasteiger charge is 2.08. The van der Waals surface area contributed by atoms with Crippen LogP contribution in [0, 0.1) is 0 Å². The minimum atomic E-state index is 0.401. The van der Waals surface area contributed by atoms with Crippen molar-refractivity contribution in [2.45, 2.75) is 12.8 Å². The number of benzene rings is 2. The standard InChI is InChI=1S/C15H15Cl2N/c1-11(12-6-3-2-4-7-12)10-18-15-13(16)8-5-9-14(15)17/h2-9,11,18H,10H2,1H3. The maximum atomic E-state index is 6.11. The van der Waals surface area contributed by atoms with Crippen LogP contribution in [-0.2, 0) is 0 Å². The van der Waals surface area contributed by atoms with Crippen molar-refractivity contribution >= 4 is 28.9 Å². The van der Waals surface area contributed by atoms with Crippen LogP contribution in [0.3, 0.4) is 0 Å². The van der Waals surface area contributed by atoms with Crippen molar-refractivity contribution in [3.05, 3.63) is 64.1 Å². The van der Waals surface area contributed by atoms with Crippen molar-refractivity contribution in [1.82, 2.24) is 0 Å². The van der Waals surface area contributed by atoms with Gasteiger partial charge in [0.05, 0.1) is 15.7 Å². The number of nitrogens with one attached hydrogen (secondary N) is 1. The van der Waals surface area contributed by atoms with E-state index < -0.39 is 0 Å². The maximum Gasteiger partial charge on any atom is 0.0719 e. The minimum absolute atomic E-state index is 0.401. The first-order valence-electron chi connectivity index (χ1n) is 5.91. The number of para-hydroxylation sites is 1. The second-order valence-electron chi connectivity index (χ2n) is 4.29. The first kappa shape index (κ1) is 13.3. The Kier molecular flexibility index (Phi) is 4.51. The zero-order chi connectivity index (χ0) is 13.0. The fourth-order valence-electron chi connectivity index (χ4n) is 1.82. The molecule has 1 unspecified atom stereocenters. The van der Waals surface area contributed by atoms with Gasteiger partial charge in [-0.25, -0.2) is 0 Å². The van der Waals surface area contributed by atoms with Gasteiger partial charge in [0.2, 0.25) is 0 Å². The Balaban J connectivity index is 2.04. The molecule has 1 nitrogen and oxygen atoms in total. The molecule has 2 aromatic rings. The van der Waals surface area contributed by atoms with Crippen LogP contribution in [0.1, 0.15) is 18.4 Å². The molecule has 0 spiro atoms. The Morgan fingerprint density at radius 3 is 2.17 bits per heavy atom. The molecule has 94 valence electrons. The summed E-state index contributed by atoms with van der Waals surface area (Å²) in [5.74, 6) is 0.401. The number of hydrogen-bond acceptors (Lipinski definition) is 1. The normalized spacial score (nSPS) is 12.2. The molecular formula is C15H15Cl2N. The van der Waals surface area contributed by atoms with Crippen LogP contribution in [0.25, 0.3) is 0 Å². The summed E-state index contributed by atoms with van der Waals surface area (Å²) in [6.45, 7) is 2.97. The van der Waals surface area contributed by atoms with Crippen LogP contribution in [0.4, 0.5) is 5.69 Å². The maximum absolute atomic E-state index is 6.11. The summed E-state index contributed by atoms with van der Waals surface area (Å²) in [7, 11) is 0.